The molecule has 214 valence electrons. The number of nitrogens with zero attached hydrogens (tertiary/aromatic N) is 1. The number of Topliss-reactive ketones (excluding diaryl/α,β-unsaturated/α-hetero) is 2. The third-order valence-corrected chi connectivity index (χ3v) is 7.07. The molecule has 0 aliphatic heterocycles. The number of rotatable bonds is 16. The molecule has 0 aliphatic carbocycles. The summed E-state index contributed by atoms with van der Waals surface area (Å²) in [5, 5.41) is 6.96. The molecule has 2 N–H and O–H groups in total. The van der Waals surface area contributed by atoms with Crippen molar-refractivity contribution in [2.75, 3.05) is 11.9 Å². The molecule has 3 rings (SSSR count). The Morgan fingerprint density at radius 3 is 2.08 bits per heavy atom. The number of aromatic nitrogens is 1. The lowest BCUT2D eigenvalue weighted by Gasteiger charge is -2.24. The van der Waals surface area contributed by atoms with Gasteiger partial charge in [-0.05, 0) is 78.1 Å². The van der Waals surface area contributed by atoms with Crippen molar-refractivity contribution in [3.63, 3.8) is 0 Å². The maximum absolute atomic E-state index is 13.7. The van der Waals surface area contributed by atoms with E-state index in [1.165, 1.54) is 5.56 Å². The summed E-state index contributed by atoms with van der Waals surface area (Å²) in [5.74, 6) is 0.475. The highest BCUT2D eigenvalue weighted by atomic mass is 16.1. The lowest BCUT2D eigenvalue weighted by atomic mass is 9.80. The van der Waals surface area contributed by atoms with Crippen molar-refractivity contribution in [2.24, 2.45) is 17.3 Å². The highest BCUT2D eigenvalue weighted by Gasteiger charge is 2.29. The summed E-state index contributed by atoms with van der Waals surface area (Å²) >= 11 is 0. The van der Waals surface area contributed by atoms with Crippen LogP contribution in [0.2, 0.25) is 0 Å². The van der Waals surface area contributed by atoms with Gasteiger partial charge in [0.15, 0.2) is 5.78 Å². The molecule has 3 aromatic rings. The number of anilines is 1. The van der Waals surface area contributed by atoms with Gasteiger partial charge in [-0.3, -0.25) is 14.6 Å². The largest absolute Gasteiger partial charge is 0.381 e. The molecular formula is C35H47N3O2. The van der Waals surface area contributed by atoms with E-state index in [4.69, 9.17) is 0 Å². The van der Waals surface area contributed by atoms with Gasteiger partial charge >= 0.3 is 0 Å². The number of carbonyl (C=O) groups excluding carboxylic acids is 2. The maximum Gasteiger partial charge on any atom is 0.150 e. The average Bonchev–Trinajstić information content (AvgIpc) is 2.91. The Morgan fingerprint density at radius 1 is 0.800 bits per heavy atom. The van der Waals surface area contributed by atoms with E-state index in [9.17, 15) is 9.59 Å². The van der Waals surface area contributed by atoms with E-state index < -0.39 is 0 Å². The fourth-order valence-electron chi connectivity index (χ4n) is 4.80. The molecule has 2 atom stereocenters. The van der Waals surface area contributed by atoms with E-state index in [0.717, 1.165) is 36.3 Å². The van der Waals surface area contributed by atoms with Crippen molar-refractivity contribution >= 4 is 17.3 Å². The molecule has 40 heavy (non-hydrogen) atoms. The van der Waals surface area contributed by atoms with E-state index in [1.54, 1.807) is 12.4 Å². The van der Waals surface area contributed by atoms with Gasteiger partial charge in [0.05, 0.1) is 6.04 Å². The van der Waals surface area contributed by atoms with Crippen LogP contribution in [0.15, 0.2) is 79.1 Å². The van der Waals surface area contributed by atoms with Crippen LogP contribution in [0.5, 0.6) is 0 Å². The highest BCUT2D eigenvalue weighted by molar-refractivity contribution is 5.91. The third kappa shape index (κ3) is 11.4. The molecule has 5 nitrogen and oxygen atoms in total. The standard InChI is InChI=1S/C35H47N3O2/c1-26(2)15-20-37-32(22-28-16-18-36-19-17-28)33(39)23-30(34(40)24-35(3,4)5)21-27-11-13-31(14-12-27)38-25-29-9-7-6-8-10-29/h6-14,16-19,26,30,32,37-38H,15,20-25H2,1-5H3. The van der Waals surface area contributed by atoms with E-state index in [1.807, 2.05) is 30.3 Å². The van der Waals surface area contributed by atoms with Crippen LogP contribution in [0.1, 0.15) is 70.6 Å². The lowest BCUT2D eigenvalue weighted by Crippen LogP contribution is -2.41. The molecule has 0 spiro atoms. The van der Waals surface area contributed by atoms with Gasteiger partial charge in [-0.15, -0.1) is 0 Å². The lowest BCUT2D eigenvalue weighted by molar-refractivity contribution is -0.130. The number of hydrogen-bond donors (Lipinski definition) is 2. The summed E-state index contributed by atoms with van der Waals surface area (Å²) in [5.41, 5.74) is 4.27. The van der Waals surface area contributed by atoms with Crippen LogP contribution >= 0.6 is 0 Å². The summed E-state index contributed by atoms with van der Waals surface area (Å²) in [4.78, 5) is 31.4. The van der Waals surface area contributed by atoms with Crippen LogP contribution in [-0.2, 0) is 29.0 Å². The van der Waals surface area contributed by atoms with Crippen molar-refractivity contribution in [1.29, 1.82) is 0 Å². The Bertz CT molecular complexity index is 1170. The zero-order valence-corrected chi connectivity index (χ0v) is 25.0. The van der Waals surface area contributed by atoms with Crippen molar-refractivity contribution in [3.05, 3.63) is 95.8 Å². The molecular weight excluding hydrogens is 494 g/mol. The van der Waals surface area contributed by atoms with Crippen LogP contribution in [0, 0.1) is 17.3 Å². The van der Waals surface area contributed by atoms with E-state index in [-0.39, 0.29) is 35.4 Å². The summed E-state index contributed by atoms with van der Waals surface area (Å²) in [6.07, 6.45) is 6.38. The van der Waals surface area contributed by atoms with Crippen LogP contribution < -0.4 is 10.6 Å². The maximum atomic E-state index is 13.7. The zero-order chi connectivity index (χ0) is 29.0. The summed E-state index contributed by atoms with van der Waals surface area (Å²) in [6.45, 7) is 12.1. The Balaban J connectivity index is 1.71. The first-order valence-electron chi connectivity index (χ1n) is 14.6. The smallest absolute Gasteiger partial charge is 0.150 e. The highest BCUT2D eigenvalue weighted by Crippen LogP contribution is 2.26. The number of benzene rings is 2. The SMILES string of the molecule is CC(C)CCNC(Cc1ccncc1)C(=O)CC(Cc1ccc(NCc2ccccc2)cc1)C(=O)CC(C)(C)C. The summed E-state index contributed by atoms with van der Waals surface area (Å²) in [6, 6.07) is 22.2. The van der Waals surface area contributed by atoms with Crippen LogP contribution in [0.25, 0.3) is 0 Å². The van der Waals surface area contributed by atoms with Gasteiger partial charge in [0.2, 0.25) is 0 Å². The fourth-order valence-corrected chi connectivity index (χ4v) is 4.80. The number of nitrogens with one attached hydrogen (secondary N) is 2. The number of carbonyl (C=O) groups is 2. The molecule has 1 heterocycles. The van der Waals surface area contributed by atoms with Crippen molar-refractivity contribution in [1.82, 2.24) is 10.3 Å². The Kier molecular flexibility index (Phi) is 12.1. The minimum absolute atomic E-state index is 0.106. The Morgan fingerprint density at radius 2 is 1.45 bits per heavy atom. The molecule has 5 heteroatoms. The number of pyridine rings is 1. The van der Waals surface area contributed by atoms with Gasteiger partial charge in [0.1, 0.15) is 5.78 Å². The van der Waals surface area contributed by atoms with Crippen molar-refractivity contribution in [3.8, 4) is 0 Å². The van der Waals surface area contributed by atoms with E-state index in [2.05, 4.69) is 86.6 Å². The average molecular weight is 542 g/mol. The minimum atomic E-state index is -0.346. The number of ketones is 2. The van der Waals surface area contributed by atoms with E-state index in [0.29, 0.717) is 25.2 Å². The van der Waals surface area contributed by atoms with Gasteiger partial charge < -0.3 is 10.6 Å². The monoisotopic (exact) mass is 541 g/mol. The second-order valence-electron chi connectivity index (χ2n) is 12.6. The molecule has 0 amide bonds. The Hall–Kier alpha value is -3.31. The molecule has 2 aromatic carbocycles. The van der Waals surface area contributed by atoms with Crippen molar-refractivity contribution < 1.29 is 9.59 Å². The molecule has 0 fully saturated rings. The minimum Gasteiger partial charge on any atom is -0.381 e. The van der Waals surface area contributed by atoms with Gasteiger partial charge in [-0.1, -0.05) is 77.1 Å². The van der Waals surface area contributed by atoms with Crippen LogP contribution in [0.3, 0.4) is 0 Å². The predicted molar refractivity (Wildman–Crippen MR) is 165 cm³/mol. The molecule has 0 saturated heterocycles. The third-order valence-electron chi connectivity index (χ3n) is 7.07. The van der Waals surface area contributed by atoms with E-state index >= 15 is 0 Å². The topological polar surface area (TPSA) is 71.1 Å². The normalized spacial score (nSPS) is 13.2. The predicted octanol–water partition coefficient (Wildman–Crippen LogP) is 7.06. The molecule has 0 aliphatic rings. The quantitative estimate of drug-likeness (QED) is 0.203. The fraction of sp³-hybridized carbons (Fsp3) is 0.457. The molecule has 1 aromatic heterocycles. The molecule has 0 radical (unpaired) electrons. The van der Waals surface area contributed by atoms with Crippen LogP contribution in [0.4, 0.5) is 5.69 Å². The first-order chi connectivity index (χ1) is 19.1. The first-order valence-corrected chi connectivity index (χ1v) is 14.6. The summed E-state index contributed by atoms with van der Waals surface area (Å²) < 4.78 is 0. The second-order valence-corrected chi connectivity index (χ2v) is 12.6. The molecule has 0 saturated carbocycles. The zero-order valence-electron chi connectivity index (χ0n) is 25.0. The number of hydrogen-bond acceptors (Lipinski definition) is 5. The van der Waals surface area contributed by atoms with Gasteiger partial charge in [-0.25, -0.2) is 0 Å². The molecule has 0 bridgehead atoms. The van der Waals surface area contributed by atoms with Gasteiger partial charge in [0.25, 0.3) is 0 Å². The van der Waals surface area contributed by atoms with Crippen molar-refractivity contribution in [2.45, 2.75) is 79.3 Å². The van der Waals surface area contributed by atoms with Crippen LogP contribution in [-0.4, -0.2) is 29.1 Å². The molecule has 2 unspecified atom stereocenters. The summed E-state index contributed by atoms with van der Waals surface area (Å²) in [7, 11) is 0. The first kappa shape index (κ1) is 31.2. The van der Waals surface area contributed by atoms with Gasteiger partial charge in [0, 0.05) is 43.4 Å². The second kappa shape index (κ2) is 15.5. The Labute approximate surface area is 241 Å². The van der Waals surface area contributed by atoms with Gasteiger partial charge in [-0.2, -0.15) is 0 Å².